The first-order valence-corrected chi connectivity index (χ1v) is 7.33. The fraction of sp³-hybridized carbons (Fsp3) is 0.273. The molecule has 2 aromatic rings. The number of nitrogens with zero attached hydrogens (tertiary/aromatic N) is 2. The van der Waals surface area contributed by atoms with E-state index in [2.05, 4.69) is 5.32 Å². The summed E-state index contributed by atoms with van der Waals surface area (Å²) in [6, 6.07) is 6.26. The van der Waals surface area contributed by atoms with E-state index in [4.69, 9.17) is 0 Å². The average Bonchev–Trinajstić information content (AvgIpc) is 2.60. The normalized spacial score (nSPS) is 11.9. The first-order valence-electron chi connectivity index (χ1n) is 5.48. The molecule has 0 aliphatic carbocycles. The van der Waals surface area contributed by atoms with E-state index in [1.165, 1.54) is 12.1 Å². The summed E-state index contributed by atoms with van der Waals surface area (Å²) in [6.45, 7) is -0.0579. The lowest BCUT2D eigenvalue weighted by Gasteiger charge is -2.00. The quantitative estimate of drug-likeness (QED) is 0.818. The van der Waals surface area contributed by atoms with Gasteiger partial charge in [0, 0.05) is 0 Å². The molecule has 1 N–H and O–H groups in total. The Morgan fingerprint density at radius 3 is 2.37 bits per heavy atom. The highest BCUT2D eigenvalue weighted by molar-refractivity contribution is 7.89. The highest BCUT2D eigenvalue weighted by atomic mass is 32.2. The summed E-state index contributed by atoms with van der Waals surface area (Å²) in [4.78, 5) is 24.1. The summed E-state index contributed by atoms with van der Waals surface area (Å²) in [5.74, 6) is -0.508. The molecule has 0 unspecified atom stereocenters. The number of nitrogens with one attached hydrogen (secondary N) is 1. The molecule has 0 amide bonds. The van der Waals surface area contributed by atoms with Crippen LogP contribution >= 0.6 is 0 Å². The second-order valence-corrected chi connectivity index (χ2v) is 5.89. The molecule has 0 aliphatic heterocycles. The summed E-state index contributed by atoms with van der Waals surface area (Å²) in [7, 11) is -2.21. The zero-order valence-electron chi connectivity index (χ0n) is 10.5. The minimum atomic E-state index is -3.78. The van der Waals surface area contributed by atoms with Crippen LogP contribution in [0.4, 0.5) is 0 Å². The van der Waals surface area contributed by atoms with Crippen molar-refractivity contribution in [3.8, 4) is 0 Å². The largest absolute Gasteiger partial charge is 0.349 e. The Kier molecular flexibility index (Phi) is 3.29. The monoisotopic (exact) mass is 283 g/mol. The van der Waals surface area contributed by atoms with Crippen LogP contribution in [0.3, 0.4) is 0 Å². The van der Waals surface area contributed by atoms with E-state index in [1.807, 2.05) is 0 Å². The minimum absolute atomic E-state index is 0.0579. The Labute approximate surface area is 109 Å². The molecule has 8 heteroatoms. The standard InChI is InChI=1S/C11H13N3O4S/c1-12-7-10(15)13-8-5-3-4-6-9(8)14(11(13)16)19(2,17)18/h3-6,12H,7H2,1-2H3. The third-order valence-electron chi connectivity index (χ3n) is 2.62. The third kappa shape index (κ3) is 2.20. The van der Waals surface area contributed by atoms with Crippen molar-refractivity contribution in [3.63, 3.8) is 0 Å². The summed E-state index contributed by atoms with van der Waals surface area (Å²) in [6.07, 6.45) is 0.924. The van der Waals surface area contributed by atoms with Gasteiger partial charge >= 0.3 is 5.69 Å². The van der Waals surface area contributed by atoms with Crippen molar-refractivity contribution in [3.05, 3.63) is 34.7 Å². The van der Waals surface area contributed by atoms with Crippen LogP contribution in [-0.4, -0.2) is 42.7 Å². The summed E-state index contributed by atoms with van der Waals surface area (Å²) in [5, 5.41) is 2.64. The van der Waals surface area contributed by atoms with Crippen LogP contribution in [0.15, 0.2) is 29.1 Å². The number of carbonyl (C=O) groups excluding carboxylic acids is 1. The van der Waals surface area contributed by atoms with E-state index in [-0.39, 0.29) is 17.6 Å². The molecule has 102 valence electrons. The van der Waals surface area contributed by atoms with Gasteiger partial charge in [0.15, 0.2) is 0 Å². The van der Waals surface area contributed by atoms with Crippen LogP contribution < -0.4 is 11.0 Å². The predicted molar refractivity (Wildman–Crippen MR) is 71.0 cm³/mol. The van der Waals surface area contributed by atoms with Gasteiger partial charge in [0.25, 0.3) is 0 Å². The van der Waals surface area contributed by atoms with Gasteiger partial charge in [-0.25, -0.2) is 17.8 Å². The van der Waals surface area contributed by atoms with Crippen LogP contribution in [0.25, 0.3) is 11.0 Å². The van der Waals surface area contributed by atoms with Crippen molar-refractivity contribution in [2.75, 3.05) is 19.8 Å². The highest BCUT2D eigenvalue weighted by Crippen LogP contribution is 2.13. The van der Waals surface area contributed by atoms with E-state index < -0.39 is 21.6 Å². The highest BCUT2D eigenvalue weighted by Gasteiger charge is 2.22. The topological polar surface area (TPSA) is 90.2 Å². The zero-order chi connectivity index (χ0) is 14.2. The number of fused-ring (bicyclic) bond motifs is 1. The number of carbonyl (C=O) groups is 1. The van der Waals surface area contributed by atoms with E-state index >= 15 is 0 Å². The van der Waals surface area contributed by atoms with Crippen molar-refractivity contribution in [2.45, 2.75) is 0 Å². The fourth-order valence-corrected chi connectivity index (χ4v) is 2.79. The van der Waals surface area contributed by atoms with Crippen LogP contribution in [0.5, 0.6) is 0 Å². The number of hydrogen-bond donors (Lipinski definition) is 1. The van der Waals surface area contributed by atoms with Gasteiger partial charge in [-0.15, -0.1) is 0 Å². The molecule has 0 spiro atoms. The molecule has 1 heterocycles. The van der Waals surface area contributed by atoms with Gasteiger partial charge in [0.1, 0.15) is 0 Å². The number of para-hydroxylation sites is 2. The van der Waals surface area contributed by atoms with E-state index in [0.29, 0.717) is 3.97 Å². The molecule has 1 aromatic heterocycles. The van der Waals surface area contributed by atoms with Crippen molar-refractivity contribution < 1.29 is 13.2 Å². The Morgan fingerprint density at radius 1 is 1.26 bits per heavy atom. The molecule has 19 heavy (non-hydrogen) atoms. The smallest absolute Gasteiger partial charge is 0.311 e. The van der Waals surface area contributed by atoms with Crippen LogP contribution in [0.2, 0.25) is 0 Å². The molecule has 1 aromatic carbocycles. The van der Waals surface area contributed by atoms with Crippen molar-refractivity contribution in [1.82, 2.24) is 13.9 Å². The van der Waals surface area contributed by atoms with E-state index in [1.54, 1.807) is 19.2 Å². The molecule has 0 aliphatic rings. The number of rotatable bonds is 3. The molecular weight excluding hydrogens is 270 g/mol. The van der Waals surface area contributed by atoms with Crippen LogP contribution in [0.1, 0.15) is 4.79 Å². The molecule has 0 bridgehead atoms. The molecular formula is C11H13N3O4S. The van der Waals surface area contributed by atoms with E-state index in [0.717, 1.165) is 10.8 Å². The zero-order valence-corrected chi connectivity index (χ0v) is 11.3. The van der Waals surface area contributed by atoms with Gasteiger partial charge in [0.05, 0.1) is 23.8 Å². The SMILES string of the molecule is CNCC(=O)n1c(=O)n(S(C)(=O)=O)c2ccccc21. The van der Waals surface area contributed by atoms with Crippen molar-refractivity contribution >= 4 is 27.0 Å². The molecule has 7 nitrogen and oxygen atoms in total. The molecule has 0 saturated carbocycles. The fourth-order valence-electron chi connectivity index (χ4n) is 1.91. The minimum Gasteiger partial charge on any atom is -0.311 e. The van der Waals surface area contributed by atoms with E-state index in [9.17, 15) is 18.0 Å². The van der Waals surface area contributed by atoms with Crippen LogP contribution in [0, 0.1) is 0 Å². The third-order valence-corrected chi connectivity index (χ3v) is 3.63. The maximum Gasteiger partial charge on any atom is 0.349 e. The summed E-state index contributed by atoms with van der Waals surface area (Å²) < 4.78 is 24.9. The number of aromatic nitrogens is 2. The first-order chi connectivity index (χ1) is 8.88. The van der Waals surface area contributed by atoms with Crippen molar-refractivity contribution in [2.24, 2.45) is 0 Å². The van der Waals surface area contributed by atoms with Gasteiger partial charge in [-0.1, -0.05) is 12.1 Å². The number of imidazole rings is 1. The second kappa shape index (κ2) is 4.63. The Hall–Kier alpha value is -1.93. The molecule has 0 saturated heterocycles. The summed E-state index contributed by atoms with van der Waals surface area (Å²) in [5.41, 5.74) is -0.401. The predicted octanol–water partition coefficient (Wildman–Crippen LogP) is -0.530. The Balaban J connectivity index is 2.91. The molecule has 0 fully saturated rings. The first kappa shape index (κ1) is 13.5. The number of likely N-dealkylation sites (N-methyl/N-ethyl adjacent to an activating group) is 1. The molecule has 0 atom stereocenters. The van der Waals surface area contributed by atoms with Gasteiger partial charge in [-0.05, 0) is 19.2 Å². The maximum atomic E-state index is 12.1. The van der Waals surface area contributed by atoms with Gasteiger partial charge in [0.2, 0.25) is 15.9 Å². The average molecular weight is 283 g/mol. The maximum absolute atomic E-state index is 12.1. The summed E-state index contributed by atoms with van der Waals surface area (Å²) >= 11 is 0. The number of benzene rings is 1. The number of hydrogen-bond acceptors (Lipinski definition) is 5. The van der Waals surface area contributed by atoms with Gasteiger partial charge in [-0.3, -0.25) is 4.79 Å². The second-order valence-electron chi connectivity index (χ2n) is 4.06. The lowest BCUT2D eigenvalue weighted by molar-refractivity contribution is 0.0916. The molecule has 0 radical (unpaired) electrons. The van der Waals surface area contributed by atoms with Crippen molar-refractivity contribution in [1.29, 1.82) is 0 Å². The Bertz CT molecular complexity index is 801. The van der Waals surface area contributed by atoms with Gasteiger partial charge in [-0.2, -0.15) is 3.97 Å². The van der Waals surface area contributed by atoms with Gasteiger partial charge < -0.3 is 5.32 Å². The molecule has 2 rings (SSSR count). The van der Waals surface area contributed by atoms with Crippen LogP contribution in [-0.2, 0) is 10.0 Å². The lowest BCUT2D eigenvalue weighted by atomic mass is 10.3. The Morgan fingerprint density at radius 2 is 1.84 bits per heavy atom. The lowest BCUT2D eigenvalue weighted by Crippen LogP contribution is -2.35.